The average molecular weight is 394 g/mol. The first-order chi connectivity index (χ1) is 13.7. The molecular formula is C22H23N3O2S. The molecule has 28 heavy (non-hydrogen) atoms. The third-order valence-corrected chi connectivity index (χ3v) is 5.41. The highest BCUT2D eigenvalue weighted by molar-refractivity contribution is 7.80. The molecule has 1 aliphatic rings. The minimum atomic E-state index is 0.0490. The van der Waals surface area contributed by atoms with Gasteiger partial charge in [-0.15, -0.1) is 0 Å². The normalized spacial score (nSPS) is 15.6. The Labute approximate surface area is 170 Å². The number of aromatic nitrogens is 1. The van der Waals surface area contributed by atoms with Crippen LogP contribution < -0.4 is 14.8 Å². The molecule has 144 valence electrons. The molecule has 0 radical (unpaired) electrons. The lowest BCUT2D eigenvalue weighted by Crippen LogP contribution is -2.44. The second-order valence-corrected chi connectivity index (χ2v) is 7.04. The highest BCUT2D eigenvalue weighted by Gasteiger charge is 2.30. The quantitative estimate of drug-likeness (QED) is 0.669. The maximum atomic E-state index is 5.80. The molecule has 1 atom stereocenters. The predicted octanol–water partition coefficient (Wildman–Crippen LogP) is 4.31. The van der Waals surface area contributed by atoms with Crippen molar-refractivity contribution >= 4 is 23.0 Å². The van der Waals surface area contributed by atoms with Gasteiger partial charge in [0.1, 0.15) is 11.5 Å². The fourth-order valence-electron chi connectivity index (χ4n) is 3.61. The van der Waals surface area contributed by atoms with Gasteiger partial charge in [-0.25, -0.2) is 0 Å². The monoisotopic (exact) mass is 393 g/mol. The molecule has 1 aromatic heterocycles. The average Bonchev–Trinajstić information content (AvgIpc) is 3.22. The number of fused-ring (bicyclic) bond motifs is 1. The number of thiocarbonyl (C=S) groups is 1. The summed E-state index contributed by atoms with van der Waals surface area (Å²) in [5.41, 5.74) is 3.36. The predicted molar refractivity (Wildman–Crippen MR) is 115 cm³/mol. The number of hydrogen-bond donors (Lipinski definition) is 1. The van der Waals surface area contributed by atoms with Crippen LogP contribution in [0, 0.1) is 0 Å². The van der Waals surface area contributed by atoms with E-state index >= 15 is 0 Å². The van der Waals surface area contributed by atoms with E-state index in [1.807, 2.05) is 36.4 Å². The Morgan fingerprint density at radius 2 is 1.57 bits per heavy atom. The van der Waals surface area contributed by atoms with Crippen LogP contribution >= 0.6 is 12.2 Å². The van der Waals surface area contributed by atoms with Gasteiger partial charge in [-0.1, -0.05) is 12.1 Å². The lowest BCUT2D eigenvalue weighted by molar-refractivity contribution is 0.293. The van der Waals surface area contributed by atoms with Crippen LogP contribution in [0.5, 0.6) is 11.5 Å². The number of nitrogens with one attached hydrogen (secondary N) is 1. The molecule has 3 aromatic rings. The highest BCUT2D eigenvalue weighted by atomic mass is 32.1. The molecule has 0 unspecified atom stereocenters. The Bertz CT molecular complexity index is 951. The summed E-state index contributed by atoms with van der Waals surface area (Å²) >= 11 is 5.80. The van der Waals surface area contributed by atoms with Crippen molar-refractivity contribution in [2.75, 3.05) is 26.1 Å². The van der Waals surface area contributed by atoms with E-state index in [-0.39, 0.29) is 6.04 Å². The summed E-state index contributed by atoms with van der Waals surface area (Å²) in [6.45, 7) is 1.74. The van der Waals surface area contributed by atoms with Crippen LogP contribution in [-0.4, -0.2) is 35.3 Å². The standard InChI is InChI=1S/C22H23N3O2S/c1-26-18-9-5-16(6-10-18)21-20-4-3-13-24(20)14-15-25(21)22(28)23-17-7-11-19(27-2)12-8-17/h3-13,21H,14-15H2,1-2H3,(H,23,28)/t21-/m0/s1. The van der Waals surface area contributed by atoms with Crippen LogP contribution in [0.25, 0.3) is 0 Å². The number of methoxy groups -OCH3 is 2. The van der Waals surface area contributed by atoms with Gasteiger partial charge in [-0.3, -0.25) is 0 Å². The summed E-state index contributed by atoms with van der Waals surface area (Å²) in [6, 6.07) is 20.3. The molecule has 0 saturated carbocycles. The molecule has 1 aliphatic heterocycles. The molecule has 2 aromatic carbocycles. The third-order valence-electron chi connectivity index (χ3n) is 5.07. The fourth-order valence-corrected chi connectivity index (χ4v) is 3.92. The number of anilines is 1. The van der Waals surface area contributed by atoms with Gasteiger partial charge >= 0.3 is 0 Å². The van der Waals surface area contributed by atoms with E-state index in [9.17, 15) is 0 Å². The summed E-state index contributed by atoms with van der Waals surface area (Å²) < 4.78 is 12.8. The second kappa shape index (κ2) is 7.94. The molecule has 0 spiro atoms. The Morgan fingerprint density at radius 3 is 2.21 bits per heavy atom. The Kier molecular flexibility index (Phi) is 5.21. The lowest BCUT2D eigenvalue weighted by Gasteiger charge is -2.39. The SMILES string of the molecule is COc1ccc(NC(=S)N2CCn3cccc3[C@@H]2c2ccc(OC)cc2)cc1. The molecule has 2 heterocycles. The van der Waals surface area contributed by atoms with Gasteiger partial charge in [-0.2, -0.15) is 0 Å². The maximum Gasteiger partial charge on any atom is 0.174 e. The summed E-state index contributed by atoms with van der Waals surface area (Å²) in [6.07, 6.45) is 2.13. The topological polar surface area (TPSA) is 38.7 Å². The lowest BCUT2D eigenvalue weighted by atomic mass is 10.00. The van der Waals surface area contributed by atoms with E-state index < -0.39 is 0 Å². The van der Waals surface area contributed by atoms with Crippen molar-refractivity contribution in [2.45, 2.75) is 12.6 Å². The van der Waals surface area contributed by atoms with Gasteiger partial charge in [0, 0.05) is 30.7 Å². The van der Waals surface area contributed by atoms with E-state index in [1.54, 1.807) is 14.2 Å². The van der Waals surface area contributed by atoms with Gasteiger partial charge in [0.05, 0.1) is 20.3 Å². The number of ether oxygens (including phenoxy) is 2. The number of benzene rings is 2. The van der Waals surface area contributed by atoms with Crippen molar-refractivity contribution in [3.63, 3.8) is 0 Å². The van der Waals surface area contributed by atoms with Crippen LogP contribution in [0.3, 0.4) is 0 Å². The van der Waals surface area contributed by atoms with E-state index in [0.29, 0.717) is 5.11 Å². The molecule has 5 nitrogen and oxygen atoms in total. The largest absolute Gasteiger partial charge is 0.497 e. The van der Waals surface area contributed by atoms with Crippen LogP contribution in [-0.2, 0) is 6.54 Å². The first-order valence-corrected chi connectivity index (χ1v) is 9.61. The van der Waals surface area contributed by atoms with E-state index in [2.05, 4.69) is 45.2 Å². The molecule has 0 fully saturated rings. The minimum Gasteiger partial charge on any atom is -0.497 e. The number of rotatable bonds is 4. The summed E-state index contributed by atoms with van der Waals surface area (Å²) in [5.74, 6) is 1.67. The zero-order chi connectivity index (χ0) is 19.5. The van der Waals surface area contributed by atoms with E-state index in [0.717, 1.165) is 30.3 Å². The van der Waals surface area contributed by atoms with Crippen molar-refractivity contribution in [2.24, 2.45) is 0 Å². The molecule has 0 amide bonds. The molecular weight excluding hydrogens is 370 g/mol. The third kappa shape index (κ3) is 3.55. The fraction of sp³-hybridized carbons (Fsp3) is 0.227. The maximum absolute atomic E-state index is 5.80. The number of nitrogens with zero attached hydrogens (tertiary/aromatic N) is 2. The molecule has 4 rings (SSSR count). The zero-order valence-electron chi connectivity index (χ0n) is 16.0. The van der Waals surface area contributed by atoms with Crippen molar-refractivity contribution in [1.29, 1.82) is 0 Å². The van der Waals surface area contributed by atoms with Gasteiger partial charge < -0.3 is 24.3 Å². The molecule has 1 N–H and O–H groups in total. The van der Waals surface area contributed by atoms with Crippen molar-refractivity contribution < 1.29 is 9.47 Å². The minimum absolute atomic E-state index is 0.0490. The van der Waals surface area contributed by atoms with Crippen molar-refractivity contribution in [3.8, 4) is 11.5 Å². The Balaban J connectivity index is 1.62. The van der Waals surface area contributed by atoms with Crippen molar-refractivity contribution in [1.82, 2.24) is 9.47 Å². The van der Waals surface area contributed by atoms with Gasteiger partial charge in [0.2, 0.25) is 0 Å². The highest BCUT2D eigenvalue weighted by Crippen LogP contribution is 2.33. The van der Waals surface area contributed by atoms with Crippen LogP contribution in [0.1, 0.15) is 17.3 Å². The van der Waals surface area contributed by atoms with Crippen LogP contribution in [0.4, 0.5) is 5.69 Å². The van der Waals surface area contributed by atoms with E-state index in [4.69, 9.17) is 21.7 Å². The summed E-state index contributed by atoms with van der Waals surface area (Å²) in [4.78, 5) is 2.25. The van der Waals surface area contributed by atoms with E-state index in [1.165, 1.54) is 11.3 Å². The number of hydrogen-bond acceptors (Lipinski definition) is 3. The summed E-state index contributed by atoms with van der Waals surface area (Å²) in [5, 5.41) is 4.08. The second-order valence-electron chi connectivity index (χ2n) is 6.65. The van der Waals surface area contributed by atoms with Crippen molar-refractivity contribution in [3.05, 3.63) is 78.1 Å². The van der Waals surface area contributed by atoms with Gasteiger partial charge in [-0.05, 0) is 66.3 Å². The molecule has 0 saturated heterocycles. The first kappa shape index (κ1) is 18.4. The summed E-state index contributed by atoms with van der Waals surface area (Å²) in [7, 11) is 3.34. The molecule has 6 heteroatoms. The smallest absolute Gasteiger partial charge is 0.174 e. The van der Waals surface area contributed by atoms with Gasteiger partial charge in [0.15, 0.2) is 5.11 Å². The molecule has 0 bridgehead atoms. The van der Waals surface area contributed by atoms with Gasteiger partial charge in [0.25, 0.3) is 0 Å². The van der Waals surface area contributed by atoms with Crippen LogP contribution in [0.15, 0.2) is 66.9 Å². The van der Waals surface area contributed by atoms with Crippen LogP contribution in [0.2, 0.25) is 0 Å². The molecule has 0 aliphatic carbocycles. The first-order valence-electron chi connectivity index (χ1n) is 9.20. The zero-order valence-corrected chi connectivity index (χ0v) is 16.8. The Hall–Kier alpha value is -2.99. The Morgan fingerprint density at radius 1 is 0.929 bits per heavy atom.